The lowest BCUT2D eigenvalue weighted by Gasteiger charge is -2.27. The third-order valence-corrected chi connectivity index (χ3v) is 4.71. The molecule has 0 saturated heterocycles. The van der Waals surface area contributed by atoms with Gasteiger partial charge in [0, 0.05) is 11.3 Å². The minimum atomic E-state index is -0.929. The Morgan fingerprint density at radius 3 is 2.79 bits per heavy atom. The van der Waals surface area contributed by atoms with Crippen LogP contribution in [0.3, 0.4) is 0 Å². The van der Waals surface area contributed by atoms with Crippen molar-refractivity contribution in [2.75, 3.05) is 5.73 Å². The van der Waals surface area contributed by atoms with Crippen LogP contribution in [0.5, 0.6) is 0 Å². The first-order valence-corrected chi connectivity index (χ1v) is 8.21. The molecule has 3 nitrogen and oxygen atoms in total. The maximum atomic E-state index is 13.7. The molecule has 0 spiro atoms. The SMILES string of the molecule is CCCC1CCc2nc(N)c(C#N)c(-c3ccc(F)c(F)c3)c2C1. The third-order valence-electron chi connectivity index (χ3n) is 4.71. The molecular weight excluding hydrogens is 308 g/mol. The number of hydrogen-bond donors (Lipinski definition) is 1. The van der Waals surface area contributed by atoms with Gasteiger partial charge in [0.05, 0.1) is 0 Å². The van der Waals surface area contributed by atoms with Crippen LogP contribution in [0.15, 0.2) is 18.2 Å². The van der Waals surface area contributed by atoms with Gasteiger partial charge in [-0.25, -0.2) is 13.8 Å². The Kier molecular flexibility index (Phi) is 4.48. The highest BCUT2D eigenvalue weighted by Gasteiger charge is 2.26. The molecule has 0 bridgehead atoms. The first-order chi connectivity index (χ1) is 11.5. The summed E-state index contributed by atoms with van der Waals surface area (Å²) in [4.78, 5) is 4.39. The minimum absolute atomic E-state index is 0.157. The molecule has 24 heavy (non-hydrogen) atoms. The molecule has 2 N–H and O–H groups in total. The summed E-state index contributed by atoms with van der Waals surface area (Å²) >= 11 is 0. The van der Waals surface area contributed by atoms with E-state index < -0.39 is 11.6 Å². The normalized spacial score (nSPS) is 16.5. The van der Waals surface area contributed by atoms with E-state index in [1.807, 2.05) is 0 Å². The van der Waals surface area contributed by atoms with Crippen LogP contribution in [0, 0.1) is 28.9 Å². The number of halogens is 2. The maximum absolute atomic E-state index is 13.7. The van der Waals surface area contributed by atoms with Crippen LogP contribution < -0.4 is 5.73 Å². The number of aromatic nitrogens is 1. The zero-order chi connectivity index (χ0) is 17.3. The summed E-state index contributed by atoms with van der Waals surface area (Å²) < 4.78 is 27.0. The molecule has 0 fully saturated rings. The van der Waals surface area contributed by atoms with Crippen molar-refractivity contribution in [2.24, 2.45) is 5.92 Å². The number of anilines is 1. The lowest BCUT2D eigenvalue weighted by atomic mass is 9.79. The molecule has 0 radical (unpaired) electrons. The van der Waals surface area contributed by atoms with Gasteiger partial charge in [-0.3, -0.25) is 0 Å². The number of hydrogen-bond acceptors (Lipinski definition) is 3. The molecule has 1 aromatic carbocycles. The van der Waals surface area contributed by atoms with E-state index in [9.17, 15) is 14.0 Å². The Labute approximate surface area is 140 Å². The van der Waals surface area contributed by atoms with Gasteiger partial charge in [0.15, 0.2) is 11.6 Å². The zero-order valence-electron chi connectivity index (χ0n) is 13.6. The van der Waals surface area contributed by atoms with E-state index in [4.69, 9.17) is 5.73 Å². The summed E-state index contributed by atoms with van der Waals surface area (Å²) in [6.07, 6.45) is 4.82. The smallest absolute Gasteiger partial charge is 0.159 e. The van der Waals surface area contributed by atoms with E-state index in [1.54, 1.807) is 0 Å². The highest BCUT2D eigenvalue weighted by atomic mass is 19.2. The highest BCUT2D eigenvalue weighted by Crippen LogP contribution is 2.38. The van der Waals surface area contributed by atoms with Crippen LogP contribution in [-0.4, -0.2) is 4.98 Å². The van der Waals surface area contributed by atoms with Gasteiger partial charge < -0.3 is 5.73 Å². The third kappa shape index (κ3) is 2.84. The minimum Gasteiger partial charge on any atom is -0.383 e. The van der Waals surface area contributed by atoms with Crippen molar-refractivity contribution < 1.29 is 8.78 Å². The van der Waals surface area contributed by atoms with Crippen molar-refractivity contribution in [3.05, 3.63) is 46.7 Å². The molecule has 1 aromatic heterocycles. The summed E-state index contributed by atoms with van der Waals surface area (Å²) in [5.74, 6) is -1.16. The van der Waals surface area contributed by atoms with Gasteiger partial charge in [0.25, 0.3) is 0 Å². The first kappa shape index (κ1) is 16.4. The van der Waals surface area contributed by atoms with Crippen molar-refractivity contribution in [3.8, 4) is 17.2 Å². The molecule has 2 aromatic rings. The van der Waals surface area contributed by atoms with Crippen molar-refractivity contribution in [1.29, 1.82) is 5.26 Å². The van der Waals surface area contributed by atoms with E-state index in [-0.39, 0.29) is 11.4 Å². The average Bonchev–Trinajstić information content (AvgIpc) is 2.57. The predicted molar refractivity (Wildman–Crippen MR) is 89.1 cm³/mol. The van der Waals surface area contributed by atoms with Crippen LogP contribution in [-0.2, 0) is 12.8 Å². The van der Waals surface area contributed by atoms with Crippen molar-refractivity contribution in [3.63, 3.8) is 0 Å². The molecule has 0 amide bonds. The quantitative estimate of drug-likeness (QED) is 0.909. The average molecular weight is 327 g/mol. The fraction of sp³-hybridized carbons (Fsp3) is 0.368. The second kappa shape index (κ2) is 6.56. The molecule has 1 aliphatic carbocycles. The second-order valence-electron chi connectivity index (χ2n) is 6.31. The van der Waals surface area contributed by atoms with Crippen molar-refractivity contribution in [2.45, 2.75) is 39.0 Å². The van der Waals surface area contributed by atoms with Crippen LogP contribution >= 0.6 is 0 Å². The zero-order valence-corrected chi connectivity index (χ0v) is 13.6. The Morgan fingerprint density at radius 1 is 1.33 bits per heavy atom. The number of nitrogens with two attached hydrogens (primary N) is 1. The standard InChI is InChI=1S/C19H19F2N3/c1-2-3-11-4-7-17-13(8-11)18(14(10-22)19(23)24-17)12-5-6-15(20)16(21)9-12/h5-6,9,11H,2-4,7-8H2,1H3,(H2,23,24). The van der Waals surface area contributed by atoms with Gasteiger partial charge >= 0.3 is 0 Å². The summed E-state index contributed by atoms with van der Waals surface area (Å²) in [6, 6.07) is 5.81. The largest absolute Gasteiger partial charge is 0.383 e. The Morgan fingerprint density at radius 2 is 2.12 bits per heavy atom. The van der Waals surface area contributed by atoms with Gasteiger partial charge in [-0.15, -0.1) is 0 Å². The maximum Gasteiger partial charge on any atom is 0.159 e. The fourth-order valence-corrected chi connectivity index (χ4v) is 3.59. The number of rotatable bonds is 3. The summed E-state index contributed by atoms with van der Waals surface area (Å²) in [5, 5.41) is 9.52. The molecule has 1 atom stereocenters. The van der Waals surface area contributed by atoms with Gasteiger partial charge in [0.2, 0.25) is 0 Å². The molecule has 0 saturated carbocycles. The van der Waals surface area contributed by atoms with Gasteiger partial charge in [-0.05, 0) is 48.4 Å². The molecule has 1 aliphatic rings. The molecule has 1 unspecified atom stereocenters. The van der Waals surface area contributed by atoms with Crippen molar-refractivity contribution >= 4 is 5.82 Å². The van der Waals surface area contributed by atoms with Crippen LogP contribution in [0.4, 0.5) is 14.6 Å². The number of aryl methyl sites for hydroxylation is 1. The van der Waals surface area contributed by atoms with Gasteiger partial charge in [-0.1, -0.05) is 25.8 Å². The Hall–Kier alpha value is -2.48. The molecule has 124 valence electrons. The molecule has 5 heteroatoms. The molecular formula is C19H19F2N3. The Bertz CT molecular complexity index is 824. The summed E-state index contributed by atoms with van der Waals surface area (Å²) in [7, 11) is 0. The van der Waals surface area contributed by atoms with Gasteiger partial charge in [0.1, 0.15) is 17.5 Å². The molecule has 1 heterocycles. The number of nitrogen functional groups attached to an aromatic ring is 1. The van der Waals surface area contributed by atoms with E-state index in [2.05, 4.69) is 18.0 Å². The lowest BCUT2D eigenvalue weighted by Crippen LogP contribution is -2.18. The molecule has 0 aliphatic heterocycles. The monoisotopic (exact) mass is 327 g/mol. The number of pyridine rings is 1. The van der Waals surface area contributed by atoms with Crippen LogP contribution in [0.2, 0.25) is 0 Å². The number of nitrogens with zero attached hydrogens (tertiary/aromatic N) is 2. The van der Waals surface area contributed by atoms with Crippen LogP contribution in [0.1, 0.15) is 43.0 Å². The van der Waals surface area contributed by atoms with E-state index in [0.29, 0.717) is 17.0 Å². The summed E-state index contributed by atoms with van der Waals surface area (Å²) in [6.45, 7) is 2.15. The molecule has 3 rings (SSSR count). The lowest BCUT2D eigenvalue weighted by molar-refractivity contribution is 0.419. The number of benzene rings is 1. The van der Waals surface area contributed by atoms with Crippen molar-refractivity contribution in [1.82, 2.24) is 4.98 Å². The topological polar surface area (TPSA) is 62.7 Å². The van der Waals surface area contributed by atoms with Gasteiger partial charge in [-0.2, -0.15) is 5.26 Å². The second-order valence-corrected chi connectivity index (χ2v) is 6.31. The van der Waals surface area contributed by atoms with E-state index in [0.717, 1.165) is 55.5 Å². The van der Waals surface area contributed by atoms with E-state index >= 15 is 0 Å². The predicted octanol–water partition coefficient (Wildman–Crippen LogP) is 4.39. The number of nitriles is 1. The first-order valence-electron chi connectivity index (χ1n) is 8.21. The van der Waals surface area contributed by atoms with E-state index in [1.165, 1.54) is 6.07 Å². The number of fused-ring (bicyclic) bond motifs is 1. The summed E-state index contributed by atoms with van der Waals surface area (Å²) in [5.41, 5.74) is 9.12. The fourth-order valence-electron chi connectivity index (χ4n) is 3.59. The highest BCUT2D eigenvalue weighted by molar-refractivity contribution is 5.79. The Balaban J connectivity index is 2.21. The van der Waals surface area contributed by atoms with Crippen LogP contribution in [0.25, 0.3) is 11.1 Å².